The highest BCUT2D eigenvalue weighted by Crippen LogP contribution is 2.46. The molecule has 1 atom stereocenters. The van der Waals surface area contributed by atoms with Crippen LogP contribution in [0.3, 0.4) is 0 Å². The highest BCUT2D eigenvalue weighted by atomic mass is 35.5. The Morgan fingerprint density at radius 2 is 1.54 bits per heavy atom. The summed E-state index contributed by atoms with van der Waals surface area (Å²) in [7, 11) is 0. The van der Waals surface area contributed by atoms with E-state index in [-0.39, 0.29) is 12.5 Å². The summed E-state index contributed by atoms with van der Waals surface area (Å²) >= 11 is 5.38. The van der Waals surface area contributed by atoms with E-state index in [0.29, 0.717) is 12.1 Å². The molecule has 3 nitrogen and oxygen atoms in total. The quantitative estimate of drug-likeness (QED) is 0.448. The summed E-state index contributed by atoms with van der Waals surface area (Å²) in [5, 5.41) is 1.06. The molecule has 0 aliphatic rings. The Morgan fingerprint density at radius 1 is 1.04 bits per heavy atom. The van der Waals surface area contributed by atoms with Crippen molar-refractivity contribution in [2.45, 2.75) is 44.5 Å². The third-order valence-electron chi connectivity index (χ3n) is 3.83. The van der Waals surface area contributed by atoms with Gasteiger partial charge in [-0.3, -0.25) is 4.79 Å². The van der Waals surface area contributed by atoms with E-state index in [9.17, 15) is 44.3 Å². The summed E-state index contributed by atoms with van der Waals surface area (Å²) in [4.78, 5) is 11.8. The van der Waals surface area contributed by atoms with Crippen LogP contribution in [0.25, 0.3) is 0 Å². The van der Waals surface area contributed by atoms with Crippen molar-refractivity contribution in [3.05, 3.63) is 28.8 Å². The summed E-state index contributed by atoms with van der Waals surface area (Å²) in [6.07, 6.45) is -17.9. The first-order chi connectivity index (χ1) is 12.5. The molecule has 0 unspecified atom stereocenters. The van der Waals surface area contributed by atoms with Gasteiger partial charge in [0, 0.05) is 16.6 Å². The minimum atomic E-state index is -6.24. The Labute approximate surface area is 158 Å². The second-order valence-electron chi connectivity index (χ2n) is 5.86. The van der Waals surface area contributed by atoms with Crippen LogP contribution in [0.2, 0.25) is 5.02 Å². The smallest absolute Gasteiger partial charge is 0.347 e. The second-order valence-corrected chi connectivity index (χ2v) is 6.29. The van der Waals surface area contributed by atoms with Gasteiger partial charge < -0.3 is 10.6 Å². The fraction of sp³-hybridized carbons (Fsp3) is 0.533. The molecule has 2 N–H and O–H groups in total. The van der Waals surface area contributed by atoms with Crippen LogP contribution in [0.15, 0.2) is 18.2 Å². The fourth-order valence-corrected chi connectivity index (χ4v) is 2.20. The van der Waals surface area contributed by atoms with Gasteiger partial charge in [-0.25, -0.2) is 0 Å². The van der Waals surface area contributed by atoms with Crippen molar-refractivity contribution in [1.82, 2.24) is 5.32 Å². The number of carbonyl (C=O) groups excluding carboxylic acids is 1. The average Bonchev–Trinajstić information content (AvgIpc) is 2.51. The number of benzene rings is 1. The topological polar surface area (TPSA) is 41.1 Å². The monoisotopic (exact) mass is 444 g/mol. The predicted octanol–water partition coefficient (Wildman–Crippen LogP) is 5.75. The van der Waals surface area contributed by atoms with E-state index in [1.807, 2.05) is 0 Å². The number of hydrogen-bond acceptors (Lipinski definition) is 2. The fourth-order valence-electron chi connectivity index (χ4n) is 2.03. The van der Waals surface area contributed by atoms with Crippen molar-refractivity contribution < 1.29 is 44.3 Å². The molecular formula is C15H14ClF9N2O. The maximum absolute atomic E-state index is 13.5. The molecule has 0 bridgehead atoms. The first-order valence-electron chi connectivity index (χ1n) is 7.56. The van der Waals surface area contributed by atoms with Crippen LogP contribution in [0.1, 0.15) is 25.8 Å². The van der Waals surface area contributed by atoms with Crippen LogP contribution >= 0.6 is 11.6 Å². The summed E-state index contributed by atoms with van der Waals surface area (Å²) in [6, 6.07) is 1.15. The molecule has 0 aliphatic heterocycles. The molecule has 1 rings (SSSR count). The van der Waals surface area contributed by atoms with Crippen LogP contribution < -0.4 is 10.6 Å². The maximum Gasteiger partial charge on any atom is 0.439 e. The van der Waals surface area contributed by atoms with Crippen LogP contribution in [0.5, 0.6) is 0 Å². The van der Waals surface area contributed by atoms with Crippen LogP contribution in [0.4, 0.5) is 45.2 Å². The van der Waals surface area contributed by atoms with Gasteiger partial charge in [0.1, 0.15) is 0 Å². The summed E-state index contributed by atoms with van der Waals surface area (Å²) in [5.41, 5.74) is -8.58. The van der Waals surface area contributed by atoms with E-state index in [0.717, 1.165) is 17.6 Å². The SMILES string of the molecule is CC[C@H](C)C(=O)NC(Nc1ccc(Cl)cc1C(F)(F)F)(C(F)(F)F)C(F)(F)F. The van der Waals surface area contributed by atoms with Crippen molar-refractivity contribution in [3.63, 3.8) is 0 Å². The maximum atomic E-state index is 13.5. The Morgan fingerprint density at radius 3 is 1.93 bits per heavy atom. The molecule has 160 valence electrons. The molecular weight excluding hydrogens is 431 g/mol. The average molecular weight is 445 g/mol. The first-order valence-corrected chi connectivity index (χ1v) is 7.94. The van der Waals surface area contributed by atoms with Gasteiger partial charge in [-0.05, 0) is 24.6 Å². The Hall–Kier alpha value is -1.85. The number of anilines is 1. The zero-order chi connectivity index (χ0) is 22.1. The molecule has 0 spiro atoms. The summed E-state index contributed by atoms with van der Waals surface area (Å²) in [5.74, 6) is -2.91. The van der Waals surface area contributed by atoms with Gasteiger partial charge in [0.05, 0.1) is 5.56 Å². The minimum absolute atomic E-state index is 0.105. The Balaban J connectivity index is 3.65. The number of carbonyl (C=O) groups is 1. The zero-order valence-electron chi connectivity index (χ0n) is 14.2. The van der Waals surface area contributed by atoms with E-state index in [2.05, 4.69) is 0 Å². The van der Waals surface area contributed by atoms with Gasteiger partial charge in [-0.15, -0.1) is 0 Å². The molecule has 13 heteroatoms. The molecule has 0 aromatic heterocycles. The molecule has 1 aromatic carbocycles. The third kappa shape index (κ3) is 4.95. The van der Waals surface area contributed by atoms with Gasteiger partial charge in [0.2, 0.25) is 5.91 Å². The third-order valence-corrected chi connectivity index (χ3v) is 4.07. The molecule has 0 saturated carbocycles. The number of hydrogen-bond donors (Lipinski definition) is 2. The van der Waals surface area contributed by atoms with Gasteiger partial charge in [0.25, 0.3) is 0 Å². The second kappa shape index (κ2) is 7.88. The molecule has 0 aliphatic carbocycles. The van der Waals surface area contributed by atoms with E-state index in [1.54, 1.807) is 0 Å². The van der Waals surface area contributed by atoms with Gasteiger partial charge >= 0.3 is 24.2 Å². The molecule has 0 radical (unpaired) electrons. The number of rotatable bonds is 5. The van der Waals surface area contributed by atoms with Gasteiger partial charge in [-0.1, -0.05) is 25.4 Å². The molecule has 28 heavy (non-hydrogen) atoms. The summed E-state index contributed by atoms with van der Waals surface area (Å²) in [6.45, 7) is 2.40. The van der Waals surface area contributed by atoms with Crippen LogP contribution in [-0.2, 0) is 11.0 Å². The molecule has 1 aromatic rings. The normalized spacial score (nSPS) is 14.6. The molecule has 0 fully saturated rings. The zero-order valence-corrected chi connectivity index (χ0v) is 15.0. The highest BCUT2D eigenvalue weighted by Gasteiger charge is 2.73. The lowest BCUT2D eigenvalue weighted by atomic mass is 10.0. The van der Waals surface area contributed by atoms with Crippen LogP contribution in [0, 0.1) is 5.92 Å². The lowest BCUT2D eigenvalue weighted by Gasteiger charge is -2.40. The Bertz CT molecular complexity index is 699. The number of alkyl halides is 9. The molecule has 1 amide bonds. The van der Waals surface area contributed by atoms with E-state index < -0.39 is 52.3 Å². The van der Waals surface area contributed by atoms with Gasteiger partial charge in [0.15, 0.2) is 0 Å². The van der Waals surface area contributed by atoms with Crippen molar-refractivity contribution >= 4 is 23.2 Å². The van der Waals surface area contributed by atoms with Crippen molar-refractivity contribution in [2.75, 3.05) is 5.32 Å². The van der Waals surface area contributed by atoms with Crippen molar-refractivity contribution in [1.29, 1.82) is 0 Å². The first kappa shape index (κ1) is 24.2. The lowest BCUT2D eigenvalue weighted by molar-refractivity contribution is -0.296. The predicted molar refractivity (Wildman–Crippen MR) is 82.5 cm³/mol. The minimum Gasteiger partial charge on any atom is -0.347 e. The highest BCUT2D eigenvalue weighted by molar-refractivity contribution is 6.30. The standard InChI is InChI=1S/C15H14ClF9N2O/c1-3-7(2)11(28)27-13(14(20,21)22,15(23,24)25)26-10-5-4-8(16)6-9(10)12(17,18)19/h4-7,26H,3H2,1-2H3,(H,27,28)/t7-/m0/s1. The summed E-state index contributed by atoms with van der Waals surface area (Å²) < 4.78 is 120. The Kier molecular flexibility index (Phi) is 6.81. The lowest BCUT2D eigenvalue weighted by Crippen LogP contribution is -2.72. The number of nitrogens with one attached hydrogen (secondary N) is 2. The molecule has 0 saturated heterocycles. The van der Waals surface area contributed by atoms with Crippen molar-refractivity contribution in [3.8, 4) is 0 Å². The van der Waals surface area contributed by atoms with E-state index >= 15 is 0 Å². The van der Waals surface area contributed by atoms with Crippen LogP contribution in [-0.4, -0.2) is 23.9 Å². The largest absolute Gasteiger partial charge is 0.439 e. The number of amides is 1. The van der Waals surface area contributed by atoms with E-state index in [1.165, 1.54) is 6.92 Å². The number of halogens is 10. The van der Waals surface area contributed by atoms with E-state index in [4.69, 9.17) is 11.6 Å². The molecule has 0 heterocycles. The van der Waals surface area contributed by atoms with Gasteiger partial charge in [-0.2, -0.15) is 39.5 Å². The van der Waals surface area contributed by atoms with Crippen molar-refractivity contribution in [2.24, 2.45) is 5.92 Å².